The van der Waals surface area contributed by atoms with Crippen LogP contribution in [0.25, 0.3) is 72.3 Å². The van der Waals surface area contributed by atoms with Crippen LogP contribution in [-0.2, 0) is 7.05 Å². The van der Waals surface area contributed by atoms with Crippen LogP contribution in [0.3, 0.4) is 0 Å². The molecule has 0 spiro atoms. The zero-order valence-electron chi connectivity index (χ0n) is 32.0. The van der Waals surface area contributed by atoms with Gasteiger partial charge in [0.1, 0.15) is 16.8 Å². The van der Waals surface area contributed by atoms with Gasteiger partial charge in [0, 0.05) is 26.0 Å². The highest BCUT2D eigenvalue weighted by atomic mass is 16.3. The van der Waals surface area contributed by atoms with E-state index in [1.54, 1.807) is 18.2 Å². The number of hydrogen-bond donors (Lipinski definition) is 0. The summed E-state index contributed by atoms with van der Waals surface area (Å²) in [5.41, 5.74) is 14.6. The number of hydrogen-bond acceptors (Lipinski definition) is 1. The molecule has 0 saturated carbocycles. The lowest BCUT2D eigenvalue weighted by Gasteiger charge is -2.21. The number of fused-ring (bicyclic) bond motifs is 4. The fraction of sp³-hybridized carbons (Fsp3) is 0.196. The molecular weight excluding hydrogens is 597 g/mol. The molecule has 0 aliphatic carbocycles. The van der Waals surface area contributed by atoms with Gasteiger partial charge in [-0.1, -0.05) is 118 Å². The first-order valence-electron chi connectivity index (χ1n) is 18.7. The van der Waals surface area contributed by atoms with E-state index in [9.17, 15) is 0 Å². The van der Waals surface area contributed by atoms with Gasteiger partial charge in [-0.15, -0.1) is 0 Å². The Morgan fingerprint density at radius 1 is 0.653 bits per heavy atom. The van der Waals surface area contributed by atoms with Gasteiger partial charge in [-0.25, -0.2) is 4.57 Å². The SMILES string of the molecule is [2H]C([2H])([2H])c1ccc2oc3c(-c4n(-c5c(C(C)C)cc(-c6ccc(-c7ccccc7)cc6)cc5C(C)C)c5ccccc5[n+]4C)c(C)ccc3c2c1. The highest BCUT2D eigenvalue weighted by Gasteiger charge is 2.34. The summed E-state index contributed by atoms with van der Waals surface area (Å²) in [4.78, 5) is 0. The molecule has 8 aromatic rings. The Balaban J connectivity index is 1.41. The minimum Gasteiger partial charge on any atom is -0.455 e. The molecule has 0 bridgehead atoms. The second kappa shape index (κ2) is 11.9. The number of aryl methyl sites for hydroxylation is 3. The quantitative estimate of drug-likeness (QED) is 0.165. The summed E-state index contributed by atoms with van der Waals surface area (Å²) in [5.74, 6) is 1.48. The smallest absolute Gasteiger partial charge is 0.299 e. The van der Waals surface area contributed by atoms with Crippen LogP contribution in [0.2, 0.25) is 0 Å². The van der Waals surface area contributed by atoms with E-state index in [0.29, 0.717) is 11.1 Å². The second-order valence-electron chi connectivity index (χ2n) is 13.9. The Kier molecular flexibility index (Phi) is 6.70. The Labute approximate surface area is 293 Å². The molecule has 242 valence electrons. The zero-order valence-corrected chi connectivity index (χ0v) is 29.0. The van der Waals surface area contributed by atoms with Gasteiger partial charge in [0.15, 0.2) is 16.6 Å². The highest BCUT2D eigenvalue weighted by Crippen LogP contribution is 2.43. The molecule has 0 aliphatic heterocycles. The molecule has 0 radical (unpaired) electrons. The van der Waals surface area contributed by atoms with E-state index in [-0.39, 0.29) is 11.8 Å². The summed E-state index contributed by atoms with van der Waals surface area (Å²) >= 11 is 0. The van der Waals surface area contributed by atoms with Crippen LogP contribution in [0.4, 0.5) is 0 Å². The Morgan fingerprint density at radius 3 is 1.96 bits per heavy atom. The average molecular weight is 643 g/mol. The first-order chi connectivity index (χ1) is 24.9. The van der Waals surface area contributed by atoms with Crippen LogP contribution < -0.4 is 4.57 Å². The highest BCUT2D eigenvalue weighted by molar-refractivity contribution is 6.10. The molecule has 0 amide bonds. The molecule has 0 saturated heterocycles. The number of nitrogens with zero attached hydrogens (tertiary/aromatic N) is 2. The Hall–Kier alpha value is -5.41. The normalized spacial score (nSPS) is 13.1. The lowest BCUT2D eigenvalue weighted by Crippen LogP contribution is -2.30. The molecule has 6 aromatic carbocycles. The van der Waals surface area contributed by atoms with Crippen molar-refractivity contribution in [1.82, 2.24) is 4.57 Å². The summed E-state index contributed by atoms with van der Waals surface area (Å²) in [5, 5.41) is 1.71. The van der Waals surface area contributed by atoms with E-state index in [1.807, 2.05) is 0 Å². The van der Waals surface area contributed by atoms with Crippen molar-refractivity contribution in [2.75, 3.05) is 0 Å². The molecule has 0 fully saturated rings. The van der Waals surface area contributed by atoms with Crippen molar-refractivity contribution in [2.45, 2.75) is 53.3 Å². The fourth-order valence-electron chi connectivity index (χ4n) is 7.51. The molecule has 0 atom stereocenters. The van der Waals surface area contributed by atoms with Gasteiger partial charge in [0.05, 0.1) is 7.05 Å². The molecule has 3 nitrogen and oxygen atoms in total. The molecular formula is C46H43N2O+. The summed E-state index contributed by atoms with van der Waals surface area (Å²) in [7, 11) is 2.13. The third-order valence-corrected chi connectivity index (χ3v) is 10.0. The number of aromatic nitrogens is 2. The summed E-state index contributed by atoms with van der Waals surface area (Å²) in [6.45, 7) is 9.05. The molecule has 8 rings (SSSR count). The van der Waals surface area contributed by atoms with Crippen molar-refractivity contribution in [3.8, 4) is 39.3 Å². The number of imidazole rings is 1. The summed E-state index contributed by atoms with van der Waals surface area (Å²) in [6.07, 6.45) is 0. The zero-order chi connectivity index (χ0) is 36.5. The number of rotatable bonds is 6. The predicted molar refractivity (Wildman–Crippen MR) is 206 cm³/mol. The number of para-hydroxylation sites is 2. The average Bonchev–Trinajstić information content (AvgIpc) is 3.65. The minimum atomic E-state index is -2.21. The van der Waals surface area contributed by atoms with Crippen LogP contribution in [0.5, 0.6) is 0 Å². The Morgan fingerprint density at radius 2 is 1.29 bits per heavy atom. The standard InChI is InChI=1S/C46H43N2O/c1-28(2)37-26-35(34-21-19-33(20-22-34)32-13-9-8-10-14-32)27-38(29(3)4)44(37)48-41-16-12-11-15-40(41)47(7)46(48)43-31(6)18-23-36-39-25-30(5)17-24-42(39)49-45(36)43/h8-29H,1-7H3/q+1/i5D3. The van der Waals surface area contributed by atoms with Crippen LogP contribution in [0.1, 0.15) is 65.9 Å². The van der Waals surface area contributed by atoms with Gasteiger partial charge >= 0.3 is 0 Å². The first kappa shape index (κ1) is 27.5. The fourth-order valence-corrected chi connectivity index (χ4v) is 7.51. The van der Waals surface area contributed by atoms with Gasteiger partial charge in [-0.3, -0.25) is 0 Å². The van der Waals surface area contributed by atoms with Crippen molar-refractivity contribution in [2.24, 2.45) is 7.05 Å². The molecule has 0 N–H and O–H groups in total. The van der Waals surface area contributed by atoms with Gasteiger partial charge in [-0.05, 0) is 89.8 Å². The van der Waals surface area contributed by atoms with Gasteiger partial charge in [0.25, 0.3) is 5.82 Å². The van der Waals surface area contributed by atoms with E-state index in [0.717, 1.165) is 44.3 Å². The molecule has 2 heterocycles. The van der Waals surface area contributed by atoms with Crippen LogP contribution in [-0.4, -0.2) is 4.57 Å². The lowest BCUT2D eigenvalue weighted by molar-refractivity contribution is -0.633. The maximum atomic E-state index is 8.05. The van der Waals surface area contributed by atoms with E-state index < -0.39 is 6.85 Å². The summed E-state index contributed by atoms with van der Waals surface area (Å²) < 4.78 is 35.6. The van der Waals surface area contributed by atoms with Crippen LogP contribution in [0.15, 0.2) is 126 Å². The maximum Gasteiger partial charge on any atom is 0.299 e. The number of benzene rings is 6. The third kappa shape index (κ3) is 5.07. The van der Waals surface area contributed by atoms with Gasteiger partial charge in [0.2, 0.25) is 0 Å². The van der Waals surface area contributed by atoms with E-state index in [4.69, 9.17) is 8.53 Å². The molecule has 3 heteroatoms. The monoisotopic (exact) mass is 642 g/mol. The largest absolute Gasteiger partial charge is 0.455 e. The Bertz CT molecular complexity index is 2600. The van der Waals surface area contributed by atoms with Crippen molar-refractivity contribution >= 4 is 33.0 Å². The van der Waals surface area contributed by atoms with Gasteiger partial charge in [-0.2, -0.15) is 4.57 Å². The topological polar surface area (TPSA) is 21.9 Å². The summed E-state index contributed by atoms with van der Waals surface area (Å²) in [6, 6.07) is 42.2. The molecule has 0 aliphatic rings. The van der Waals surface area contributed by atoms with Crippen LogP contribution in [0, 0.1) is 13.8 Å². The van der Waals surface area contributed by atoms with Crippen LogP contribution >= 0.6 is 0 Å². The van der Waals surface area contributed by atoms with E-state index >= 15 is 0 Å². The van der Waals surface area contributed by atoms with Crippen molar-refractivity contribution in [3.63, 3.8) is 0 Å². The first-order valence-corrected chi connectivity index (χ1v) is 17.2. The third-order valence-electron chi connectivity index (χ3n) is 10.0. The molecule has 0 unspecified atom stereocenters. The predicted octanol–water partition coefficient (Wildman–Crippen LogP) is 12.2. The van der Waals surface area contributed by atoms with Crippen molar-refractivity contribution in [1.29, 1.82) is 0 Å². The molecule has 2 aromatic heterocycles. The van der Waals surface area contributed by atoms with E-state index in [2.05, 4.69) is 154 Å². The minimum absolute atomic E-state index is 0.233. The van der Waals surface area contributed by atoms with E-state index in [1.165, 1.54) is 39.1 Å². The molecule has 49 heavy (non-hydrogen) atoms. The lowest BCUT2D eigenvalue weighted by atomic mass is 9.87. The second-order valence-corrected chi connectivity index (χ2v) is 13.9. The maximum absolute atomic E-state index is 8.05. The van der Waals surface area contributed by atoms with Crippen molar-refractivity contribution < 1.29 is 13.1 Å². The number of furan rings is 1. The van der Waals surface area contributed by atoms with Crippen molar-refractivity contribution in [3.05, 3.63) is 144 Å². The van der Waals surface area contributed by atoms with Gasteiger partial charge < -0.3 is 4.42 Å².